The predicted octanol–water partition coefficient (Wildman–Crippen LogP) is 0.521. The molecule has 0 aliphatic heterocycles. The van der Waals surface area contributed by atoms with Crippen LogP contribution in [0.2, 0.25) is 0 Å². The summed E-state index contributed by atoms with van der Waals surface area (Å²) in [6, 6.07) is 0.647. The minimum atomic E-state index is 0.426. The number of hydrogen-bond acceptors (Lipinski definition) is 5. The van der Waals surface area contributed by atoms with Crippen molar-refractivity contribution in [1.29, 1.82) is 0 Å². The lowest BCUT2D eigenvalue weighted by Crippen LogP contribution is -2.23. The van der Waals surface area contributed by atoms with Crippen LogP contribution >= 0.6 is 0 Å². The molecule has 0 aromatic carbocycles. The van der Waals surface area contributed by atoms with Crippen LogP contribution in [-0.2, 0) is 6.54 Å². The third kappa shape index (κ3) is 3.89. The Kier molecular flexibility index (Phi) is 4.58. The van der Waals surface area contributed by atoms with E-state index in [1.165, 1.54) is 0 Å². The van der Waals surface area contributed by atoms with Crippen LogP contribution < -0.4 is 10.6 Å². The Morgan fingerprint density at radius 2 is 2.07 bits per heavy atom. The van der Waals surface area contributed by atoms with Crippen molar-refractivity contribution in [3.8, 4) is 0 Å². The van der Waals surface area contributed by atoms with Crippen molar-refractivity contribution < 1.29 is 4.42 Å². The van der Waals surface area contributed by atoms with Gasteiger partial charge in [0, 0.05) is 20.1 Å². The molecule has 86 valence electrons. The molecule has 0 bridgehead atoms. The molecule has 0 amide bonds. The van der Waals surface area contributed by atoms with E-state index < -0.39 is 0 Å². The zero-order chi connectivity index (χ0) is 11.3. The Morgan fingerprint density at radius 3 is 2.60 bits per heavy atom. The molecule has 0 radical (unpaired) electrons. The largest absolute Gasteiger partial charge is 0.432 e. The van der Waals surface area contributed by atoms with Crippen molar-refractivity contribution in [3.05, 3.63) is 12.0 Å². The Balaban J connectivity index is 2.36. The lowest BCUT2D eigenvalue weighted by Gasteiger charge is -2.16. The fourth-order valence-electron chi connectivity index (χ4n) is 1.29. The van der Waals surface area contributed by atoms with E-state index in [1.807, 2.05) is 11.9 Å². The molecule has 0 saturated heterocycles. The van der Waals surface area contributed by atoms with Crippen LogP contribution in [0.1, 0.15) is 12.1 Å². The fourth-order valence-corrected chi connectivity index (χ4v) is 1.29. The molecule has 5 nitrogen and oxygen atoms in total. The number of nitrogens with two attached hydrogens (primary N) is 1. The average molecular weight is 212 g/mol. The molecule has 1 aromatic rings. The van der Waals surface area contributed by atoms with Crippen LogP contribution in [0.4, 0.5) is 6.01 Å². The average Bonchev–Trinajstić information content (AvgIpc) is 2.65. The summed E-state index contributed by atoms with van der Waals surface area (Å²) in [6.07, 6.45) is 2.70. The normalized spacial score (nSPS) is 11.0. The zero-order valence-electron chi connectivity index (χ0n) is 9.73. The monoisotopic (exact) mass is 212 g/mol. The highest BCUT2D eigenvalue weighted by atomic mass is 16.4. The molecule has 1 rings (SSSR count). The number of anilines is 1. The van der Waals surface area contributed by atoms with E-state index >= 15 is 0 Å². The van der Waals surface area contributed by atoms with Crippen molar-refractivity contribution in [2.45, 2.75) is 13.0 Å². The maximum Gasteiger partial charge on any atom is 0.297 e. The number of oxazole rings is 1. The third-order valence-electron chi connectivity index (χ3n) is 2.17. The standard InChI is InChI=1S/C10H20N4O/c1-13(2)5-4-6-14(3)10-12-9(7-11)8-15-10/h8H,4-7,11H2,1-3H3. The molecule has 0 atom stereocenters. The number of rotatable bonds is 6. The predicted molar refractivity (Wildman–Crippen MR) is 60.8 cm³/mol. The van der Waals surface area contributed by atoms with E-state index in [1.54, 1.807) is 6.26 Å². The first-order valence-electron chi connectivity index (χ1n) is 5.14. The number of aromatic nitrogens is 1. The first-order chi connectivity index (χ1) is 7.13. The molecular formula is C10H20N4O. The van der Waals surface area contributed by atoms with Crippen LogP contribution in [0, 0.1) is 0 Å². The summed E-state index contributed by atoms with van der Waals surface area (Å²) in [5.41, 5.74) is 6.25. The van der Waals surface area contributed by atoms with Gasteiger partial charge in [0.15, 0.2) is 0 Å². The number of nitrogens with zero attached hydrogens (tertiary/aromatic N) is 3. The van der Waals surface area contributed by atoms with Gasteiger partial charge in [0.25, 0.3) is 6.01 Å². The second-order valence-corrected chi connectivity index (χ2v) is 3.90. The van der Waals surface area contributed by atoms with Crippen molar-refractivity contribution >= 4 is 6.01 Å². The second-order valence-electron chi connectivity index (χ2n) is 3.90. The third-order valence-corrected chi connectivity index (χ3v) is 2.17. The van der Waals surface area contributed by atoms with Gasteiger partial charge < -0.3 is 20.0 Å². The molecule has 15 heavy (non-hydrogen) atoms. The van der Waals surface area contributed by atoms with Crippen molar-refractivity contribution in [1.82, 2.24) is 9.88 Å². The summed E-state index contributed by atoms with van der Waals surface area (Å²) in [5.74, 6) is 0. The van der Waals surface area contributed by atoms with Crippen LogP contribution in [0.3, 0.4) is 0 Å². The molecule has 0 aliphatic carbocycles. The van der Waals surface area contributed by atoms with Gasteiger partial charge in [0.05, 0.1) is 5.69 Å². The molecule has 1 aromatic heterocycles. The minimum Gasteiger partial charge on any atom is -0.432 e. The Bertz CT molecular complexity index is 285. The van der Waals surface area contributed by atoms with E-state index in [9.17, 15) is 0 Å². The van der Waals surface area contributed by atoms with Gasteiger partial charge in [-0.2, -0.15) is 4.98 Å². The van der Waals surface area contributed by atoms with Gasteiger partial charge in [-0.15, -0.1) is 0 Å². The van der Waals surface area contributed by atoms with Gasteiger partial charge in [-0.05, 0) is 27.1 Å². The fraction of sp³-hybridized carbons (Fsp3) is 0.700. The summed E-state index contributed by atoms with van der Waals surface area (Å²) < 4.78 is 5.30. The molecule has 0 saturated carbocycles. The highest BCUT2D eigenvalue weighted by Crippen LogP contribution is 2.11. The summed E-state index contributed by atoms with van der Waals surface area (Å²) in [4.78, 5) is 8.41. The van der Waals surface area contributed by atoms with Crippen LogP contribution in [0.25, 0.3) is 0 Å². The van der Waals surface area contributed by atoms with E-state index in [-0.39, 0.29) is 0 Å². The van der Waals surface area contributed by atoms with Gasteiger partial charge >= 0.3 is 0 Å². The van der Waals surface area contributed by atoms with E-state index in [4.69, 9.17) is 10.2 Å². The zero-order valence-corrected chi connectivity index (χ0v) is 9.73. The van der Waals surface area contributed by atoms with Gasteiger partial charge in [-0.1, -0.05) is 0 Å². The Hall–Kier alpha value is -1.07. The van der Waals surface area contributed by atoms with Crippen LogP contribution in [-0.4, -0.2) is 44.1 Å². The molecule has 0 spiro atoms. The van der Waals surface area contributed by atoms with Gasteiger partial charge in [-0.25, -0.2) is 0 Å². The summed E-state index contributed by atoms with van der Waals surface area (Å²) in [5, 5.41) is 0. The maximum atomic E-state index is 5.46. The summed E-state index contributed by atoms with van der Waals surface area (Å²) >= 11 is 0. The molecule has 0 unspecified atom stereocenters. The molecule has 2 N–H and O–H groups in total. The van der Waals surface area contributed by atoms with Gasteiger partial charge in [-0.3, -0.25) is 0 Å². The SMILES string of the molecule is CN(C)CCCN(C)c1nc(CN)co1. The summed E-state index contributed by atoms with van der Waals surface area (Å²) in [7, 11) is 6.11. The second kappa shape index (κ2) is 5.72. The molecule has 5 heteroatoms. The molecule has 1 heterocycles. The van der Waals surface area contributed by atoms with Gasteiger partial charge in [0.1, 0.15) is 6.26 Å². The minimum absolute atomic E-state index is 0.426. The summed E-state index contributed by atoms with van der Waals surface area (Å²) in [6.45, 7) is 2.42. The van der Waals surface area contributed by atoms with Crippen molar-refractivity contribution in [2.24, 2.45) is 5.73 Å². The Labute approximate surface area is 90.9 Å². The van der Waals surface area contributed by atoms with Gasteiger partial charge in [0.2, 0.25) is 0 Å². The molecular weight excluding hydrogens is 192 g/mol. The van der Waals surface area contributed by atoms with Crippen LogP contribution in [0.5, 0.6) is 0 Å². The molecule has 0 fully saturated rings. The lowest BCUT2D eigenvalue weighted by molar-refractivity contribution is 0.399. The quantitative estimate of drug-likeness (QED) is 0.745. The highest BCUT2D eigenvalue weighted by molar-refractivity contribution is 5.24. The van der Waals surface area contributed by atoms with Crippen molar-refractivity contribution in [3.63, 3.8) is 0 Å². The first kappa shape index (κ1) is 12.0. The van der Waals surface area contributed by atoms with E-state index in [2.05, 4.69) is 24.0 Å². The molecule has 0 aliphatic rings. The topological polar surface area (TPSA) is 58.5 Å². The number of hydrogen-bond donors (Lipinski definition) is 1. The van der Waals surface area contributed by atoms with Crippen LogP contribution in [0.15, 0.2) is 10.7 Å². The lowest BCUT2D eigenvalue weighted by atomic mass is 10.4. The Morgan fingerprint density at radius 1 is 1.33 bits per heavy atom. The smallest absolute Gasteiger partial charge is 0.297 e. The first-order valence-corrected chi connectivity index (χ1v) is 5.14. The van der Waals surface area contributed by atoms with E-state index in [0.717, 1.165) is 25.2 Å². The highest BCUT2D eigenvalue weighted by Gasteiger charge is 2.07. The maximum absolute atomic E-state index is 5.46. The van der Waals surface area contributed by atoms with Crippen molar-refractivity contribution in [2.75, 3.05) is 39.1 Å². The van der Waals surface area contributed by atoms with E-state index in [0.29, 0.717) is 12.6 Å².